The van der Waals surface area contributed by atoms with Crippen molar-refractivity contribution in [3.63, 3.8) is 0 Å². The molecule has 2 aromatic rings. The smallest absolute Gasteiger partial charge is 0.251 e. The number of pyridine rings is 1. The lowest BCUT2D eigenvalue weighted by Gasteiger charge is -2.05. The van der Waals surface area contributed by atoms with Gasteiger partial charge in [0.15, 0.2) is 0 Å². The van der Waals surface area contributed by atoms with Crippen molar-refractivity contribution in [3.8, 4) is 0 Å². The van der Waals surface area contributed by atoms with Crippen LogP contribution in [0.4, 0.5) is 0 Å². The normalized spacial score (nSPS) is 10.4. The Bertz CT molecular complexity index is 603. The minimum Gasteiger partial charge on any atom is -0.352 e. The van der Waals surface area contributed by atoms with E-state index in [0.717, 1.165) is 6.42 Å². The van der Waals surface area contributed by atoms with E-state index in [1.54, 1.807) is 36.4 Å². The van der Waals surface area contributed by atoms with Gasteiger partial charge in [-0.2, -0.15) is 0 Å². The van der Waals surface area contributed by atoms with Gasteiger partial charge >= 0.3 is 0 Å². The molecule has 1 amide bonds. The number of carbonyl (C=O) groups is 1. The number of rotatable bonds is 5. The van der Waals surface area contributed by atoms with E-state index in [9.17, 15) is 9.59 Å². The summed E-state index contributed by atoms with van der Waals surface area (Å²) in [5, 5.41) is 10.3. The molecule has 0 saturated carbocycles. The van der Waals surface area contributed by atoms with Crippen LogP contribution in [0.1, 0.15) is 16.8 Å². The molecule has 0 radical (unpaired) electrons. The van der Waals surface area contributed by atoms with Crippen LogP contribution in [-0.2, 0) is 13.6 Å². The van der Waals surface area contributed by atoms with Gasteiger partial charge in [-0.05, 0) is 12.5 Å². The first kappa shape index (κ1) is 13.0. The van der Waals surface area contributed by atoms with Crippen molar-refractivity contribution in [2.75, 3.05) is 6.54 Å². The van der Waals surface area contributed by atoms with Crippen molar-refractivity contribution >= 4 is 5.91 Å². The molecule has 2 heterocycles. The van der Waals surface area contributed by atoms with E-state index < -0.39 is 0 Å². The summed E-state index contributed by atoms with van der Waals surface area (Å²) in [7, 11) is 1.64. The fourth-order valence-corrected chi connectivity index (χ4v) is 1.59. The summed E-state index contributed by atoms with van der Waals surface area (Å²) < 4.78 is 3.12. The molecule has 0 fully saturated rings. The van der Waals surface area contributed by atoms with Gasteiger partial charge in [-0.15, -0.1) is 5.10 Å². The van der Waals surface area contributed by atoms with Crippen molar-refractivity contribution in [2.24, 2.45) is 7.05 Å². The largest absolute Gasteiger partial charge is 0.352 e. The molecule has 0 aliphatic rings. The summed E-state index contributed by atoms with van der Waals surface area (Å²) in [6.45, 7) is 1.21. The van der Waals surface area contributed by atoms with Gasteiger partial charge in [-0.3, -0.25) is 14.3 Å². The van der Waals surface area contributed by atoms with Crippen LogP contribution in [0.5, 0.6) is 0 Å². The van der Waals surface area contributed by atoms with Gasteiger partial charge in [0, 0.05) is 44.2 Å². The Labute approximate surface area is 109 Å². The number of nitrogens with one attached hydrogen (secondary N) is 1. The molecule has 7 nitrogen and oxygen atoms in total. The Kier molecular flexibility index (Phi) is 4.07. The summed E-state index contributed by atoms with van der Waals surface area (Å²) in [6, 6.07) is 2.95. The van der Waals surface area contributed by atoms with Crippen LogP contribution in [0, 0.1) is 0 Å². The molecule has 2 rings (SSSR count). The number of hydrogen-bond donors (Lipinski definition) is 1. The minimum atomic E-state index is -0.240. The van der Waals surface area contributed by atoms with E-state index in [1.165, 1.54) is 10.6 Å². The summed E-state index contributed by atoms with van der Waals surface area (Å²) in [5.74, 6) is -0.240. The lowest BCUT2D eigenvalue weighted by molar-refractivity contribution is 0.0952. The summed E-state index contributed by atoms with van der Waals surface area (Å²) >= 11 is 0. The number of amides is 1. The molecule has 2 aromatic heterocycles. The first-order valence-corrected chi connectivity index (χ1v) is 5.96. The number of aromatic nitrogens is 4. The zero-order valence-corrected chi connectivity index (χ0v) is 10.6. The first-order valence-electron chi connectivity index (χ1n) is 5.96. The van der Waals surface area contributed by atoms with Crippen molar-refractivity contribution in [3.05, 3.63) is 46.6 Å². The Hall–Kier alpha value is -2.44. The average molecular weight is 261 g/mol. The molecule has 19 heavy (non-hydrogen) atoms. The van der Waals surface area contributed by atoms with Crippen molar-refractivity contribution in [1.29, 1.82) is 0 Å². The standard InChI is InChI=1S/C12H15N5O2/c1-16-7-3-10(9-11(16)18)12(19)13-4-2-6-17-8-5-14-15-17/h3,5,7-9H,2,4,6H2,1H3,(H,13,19). The molecule has 0 aliphatic heterocycles. The molecule has 0 saturated heterocycles. The van der Waals surface area contributed by atoms with Crippen molar-refractivity contribution < 1.29 is 4.79 Å². The predicted octanol–water partition coefficient (Wildman–Crippen LogP) is -0.203. The maximum absolute atomic E-state index is 11.8. The lowest BCUT2D eigenvalue weighted by Crippen LogP contribution is -2.27. The van der Waals surface area contributed by atoms with Crippen LogP contribution in [0.15, 0.2) is 35.5 Å². The molecule has 0 spiro atoms. The Balaban J connectivity index is 1.81. The van der Waals surface area contributed by atoms with Crippen LogP contribution in [0.2, 0.25) is 0 Å². The van der Waals surface area contributed by atoms with E-state index in [1.807, 2.05) is 0 Å². The van der Waals surface area contributed by atoms with Crippen LogP contribution in [0.3, 0.4) is 0 Å². The number of aryl methyl sites for hydroxylation is 2. The third-order valence-corrected chi connectivity index (χ3v) is 2.69. The van der Waals surface area contributed by atoms with Gasteiger partial charge < -0.3 is 9.88 Å². The molecule has 100 valence electrons. The summed E-state index contributed by atoms with van der Waals surface area (Å²) in [4.78, 5) is 23.2. The highest BCUT2D eigenvalue weighted by molar-refractivity contribution is 5.93. The number of hydrogen-bond acceptors (Lipinski definition) is 4. The molecule has 0 unspecified atom stereocenters. The maximum Gasteiger partial charge on any atom is 0.251 e. The van der Waals surface area contributed by atoms with Crippen LogP contribution >= 0.6 is 0 Å². The number of nitrogens with zero attached hydrogens (tertiary/aromatic N) is 4. The first-order chi connectivity index (χ1) is 9.16. The van der Waals surface area contributed by atoms with Crippen molar-refractivity contribution in [2.45, 2.75) is 13.0 Å². The second-order valence-electron chi connectivity index (χ2n) is 4.14. The van der Waals surface area contributed by atoms with E-state index in [0.29, 0.717) is 18.7 Å². The molecule has 0 atom stereocenters. The maximum atomic E-state index is 11.8. The van der Waals surface area contributed by atoms with Crippen LogP contribution in [0.25, 0.3) is 0 Å². The molecule has 7 heteroatoms. The zero-order chi connectivity index (χ0) is 13.7. The molecular formula is C12H15N5O2. The van der Waals surface area contributed by atoms with Gasteiger partial charge in [-0.1, -0.05) is 5.21 Å². The zero-order valence-electron chi connectivity index (χ0n) is 10.6. The fraction of sp³-hybridized carbons (Fsp3) is 0.333. The van der Waals surface area contributed by atoms with Gasteiger partial charge in [0.25, 0.3) is 11.5 Å². The average Bonchev–Trinajstić information content (AvgIpc) is 2.91. The SMILES string of the molecule is Cn1ccc(C(=O)NCCCn2ccnn2)cc1=O. The Morgan fingerprint density at radius 2 is 2.26 bits per heavy atom. The second-order valence-corrected chi connectivity index (χ2v) is 4.14. The Morgan fingerprint density at radius 1 is 1.42 bits per heavy atom. The van der Waals surface area contributed by atoms with E-state index in [-0.39, 0.29) is 11.5 Å². The topological polar surface area (TPSA) is 81.8 Å². The van der Waals surface area contributed by atoms with Gasteiger partial charge in [0.1, 0.15) is 0 Å². The summed E-state index contributed by atoms with van der Waals surface area (Å²) in [6.07, 6.45) is 5.70. The molecule has 0 bridgehead atoms. The van der Waals surface area contributed by atoms with E-state index >= 15 is 0 Å². The highest BCUT2D eigenvalue weighted by Gasteiger charge is 2.05. The second kappa shape index (κ2) is 5.94. The molecule has 1 N–H and O–H groups in total. The lowest BCUT2D eigenvalue weighted by atomic mass is 10.2. The van der Waals surface area contributed by atoms with Gasteiger partial charge in [-0.25, -0.2) is 0 Å². The quantitative estimate of drug-likeness (QED) is 0.755. The molecule has 0 aliphatic carbocycles. The fourth-order valence-electron chi connectivity index (χ4n) is 1.59. The minimum absolute atomic E-state index is 0.199. The molecule has 0 aromatic carbocycles. The highest BCUT2D eigenvalue weighted by Crippen LogP contribution is 1.94. The van der Waals surface area contributed by atoms with Gasteiger partial charge in [0.2, 0.25) is 0 Å². The van der Waals surface area contributed by atoms with Crippen LogP contribution in [-0.4, -0.2) is 32.0 Å². The summed E-state index contributed by atoms with van der Waals surface area (Å²) in [5.41, 5.74) is 0.180. The van der Waals surface area contributed by atoms with Crippen LogP contribution < -0.4 is 10.9 Å². The predicted molar refractivity (Wildman–Crippen MR) is 68.7 cm³/mol. The van der Waals surface area contributed by atoms with E-state index in [2.05, 4.69) is 15.6 Å². The number of carbonyl (C=O) groups excluding carboxylic acids is 1. The monoisotopic (exact) mass is 261 g/mol. The van der Waals surface area contributed by atoms with Crippen molar-refractivity contribution in [1.82, 2.24) is 24.9 Å². The van der Waals surface area contributed by atoms with Gasteiger partial charge in [0.05, 0.1) is 6.20 Å². The third kappa shape index (κ3) is 3.51. The highest BCUT2D eigenvalue weighted by atomic mass is 16.2. The third-order valence-electron chi connectivity index (χ3n) is 2.69. The van der Waals surface area contributed by atoms with E-state index in [4.69, 9.17) is 0 Å². The Morgan fingerprint density at radius 3 is 2.95 bits per heavy atom. The molecular weight excluding hydrogens is 246 g/mol.